The summed E-state index contributed by atoms with van der Waals surface area (Å²) in [6, 6.07) is 17.6. The highest BCUT2D eigenvalue weighted by Crippen LogP contribution is 2.45. The zero-order chi connectivity index (χ0) is 24.7. The average Bonchev–Trinajstić information content (AvgIpc) is 3.15. The largest absolute Gasteiger partial charge is 0.493 e. The van der Waals surface area contributed by atoms with E-state index in [-0.39, 0.29) is 29.2 Å². The van der Waals surface area contributed by atoms with Gasteiger partial charge in [-0.1, -0.05) is 46.3 Å². The van der Waals surface area contributed by atoms with Gasteiger partial charge in [0.15, 0.2) is 16.9 Å². The number of methoxy groups -OCH3 is 3. The summed E-state index contributed by atoms with van der Waals surface area (Å²) in [5.74, 6) is 0.960. The highest BCUT2D eigenvalue weighted by molar-refractivity contribution is 9.10. The molecule has 5 rings (SSSR count). The Morgan fingerprint density at radius 1 is 0.914 bits per heavy atom. The molecule has 0 fully saturated rings. The van der Waals surface area contributed by atoms with E-state index in [2.05, 4.69) is 15.9 Å². The highest BCUT2D eigenvalue weighted by Gasteiger charge is 2.43. The number of carbonyl (C=O) groups is 1. The zero-order valence-corrected chi connectivity index (χ0v) is 20.9. The minimum Gasteiger partial charge on any atom is -0.493 e. The van der Waals surface area contributed by atoms with Gasteiger partial charge in [-0.05, 0) is 41.5 Å². The number of halogens is 1. The van der Waals surface area contributed by atoms with Gasteiger partial charge in [-0.2, -0.15) is 0 Å². The maximum atomic E-state index is 13.8. The number of hydrogen-bond donors (Lipinski definition) is 0. The van der Waals surface area contributed by atoms with Crippen LogP contribution in [-0.2, 0) is 6.54 Å². The van der Waals surface area contributed by atoms with Crippen molar-refractivity contribution in [2.45, 2.75) is 12.6 Å². The lowest BCUT2D eigenvalue weighted by atomic mass is 9.97. The maximum absolute atomic E-state index is 13.8. The van der Waals surface area contributed by atoms with Gasteiger partial charge in [-0.25, -0.2) is 0 Å². The Kier molecular flexibility index (Phi) is 5.98. The van der Waals surface area contributed by atoms with Crippen LogP contribution >= 0.6 is 15.9 Å². The average molecular weight is 536 g/mol. The van der Waals surface area contributed by atoms with Gasteiger partial charge in [0.05, 0.1) is 38.3 Å². The molecule has 1 unspecified atom stereocenters. The number of hydrogen-bond acceptors (Lipinski definition) is 6. The van der Waals surface area contributed by atoms with Crippen LogP contribution in [0.4, 0.5) is 0 Å². The van der Waals surface area contributed by atoms with Gasteiger partial charge < -0.3 is 23.5 Å². The van der Waals surface area contributed by atoms with Crippen molar-refractivity contribution in [3.05, 3.63) is 97.8 Å². The lowest BCUT2D eigenvalue weighted by Gasteiger charge is -2.26. The van der Waals surface area contributed by atoms with Crippen molar-refractivity contribution in [2.75, 3.05) is 21.3 Å². The fourth-order valence-corrected chi connectivity index (χ4v) is 4.90. The number of rotatable bonds is 6. The number of ether oxygens (including phenoxy) is 3. The molecule has 8 heteroatoms. The summed E-state index contributed by atoms with van der Waals surface area (Å²) in [4.78, 5) is 29.1. The van der Waals surface area contributed by atoms with Crippen LogP contribution in [0.2, 0.25) is 0 Å². The molecule has 4 aromatic rings. The molecular formula is C27H22BrNO6. The summed E-state index contributed by atoms with van der Waals surface area (Å²) in [5, 5.41) is 0.393. The molecule has 1 aromatic heterocycles. The van der Waals surface area contributed by atoms with Gasteiger partial charge in [-0.15, -0.1) is 0 Å². The molecule has 0 spiro atoms. The smallest absolute Gasteiger partial charge is 0.291 e. The summed E-state index contributed by atoms with van der Waals surface area (Å²) in [7, 11) is 4.57. The SMILES string of the molecule is COc1cc(C2c3c(oc4ccc(Br)cc4c3=O)C(=O)N2Cc2ccccc2)cc(OC)c1OC. The standard InChI is InChI=1S/C27H22BrNO6/c1-32-20-11-16(12-21(33-2)25(20)34-3)23-22-24(30)18-13-17(28)9-10-19(18)35-26(22)27(31)29(23)14-15-7-5-4-6-8-15/h4-13,23H,14H2,1-3H3. The number of benzene rings is 3. The lowest BCUT2D eigenvalue weighted by Crippen LogP contribution is -2.29. The molecule has 1 amide bonds. The van der Waals surface area contributed by atoms with Crippen molar-refractivity contribution in [1.29, 1.82) is 0 Å². The minimum absolute atomic E-state index is 0.0412. The van der Waals surface area contributed by atoms with Crippen LogP contribution in [0.5, 0.6) is 17.2 Å². The van der Waals surface area contributed by atoms with E-state index in [9.17, 15) is 9.59 Å². The molecule has 7 nitrogen and oxygen atoms in total. The second-order valence-electron chi connectivity index (χ2n) is 8.09. The fraction of sp³-hybridized carbons (Fsp3) is 0.185. The molecule has 0 aliphatic carbocycles. The van der Waals surface area contributed by atoms with Crippen molar-refractivity contribution in [3.63, 3.8) is 0 Å². The van der Waals surface area contributed by atoms with E-state index in [0.717, 1.165) is 10.0 Å². The summed E-state index contributed by atoms with van der Waals surface area (Å²) in [5.41, 5.74) is 1.95. The Balaban J connectivity index is 1.78. The molecule has 0 N–H and O–H groups in total. The topological polar surface area (TPSA) is 78.2 Å². The normalized spacial score (nSPS) is 14.8. The van der Waals surface area contributed by atoms with Crippen LogP contribution in [0.15, 0.2) is 74.3 Å². The van der Waals surface area contributed by atoms with Gasteiger partial charge in [0, 0.05) is 11.0 Å². The minimum atomic E-state index is -0.717. The van der Waals surface area contributed by atoms with Crippen molar-refractivity contribution in [1.82, 2.24) is 4.90 Å². The van der Waals surface area contributed by atoms with E-state index in [1.165, 1.54) is 21.3 Å². The van der Waals surface area contributed by atoms with Crippen LogP contribution in [0.3, 0.4) is 0 Å². The Hall–Kier alpha value is -3.78. The zero-order valence-electron chi connectivity index (χ0n) is 19.3. The summed E-state index contributed by atoms with van der Waals surface area (Å²) in [6.07, 6.45) is 0. The lowest BCUT2D eigenvalue weighted by molar-refractivity contribution is 0.0714. The molecule has 2 heterocycles. The Bertz CT molecular complexity index is 1470. The Labute approximate surface area is 210 Å². The summed E-state index contributed by atoms with van der Waals surface area (Å²) < 4.78 is 23.3. The Morgan fingerprint density at radius 3 is 2.23 bits per heavy atom. The first-order chi connectivity index (χ1) is 17.0. The van der Waals surface area contributed by atoms with Crippen molar-refractivity contribution in [3.8, 4) is 17.2 Å². The molecule has 1 aliphatic heterocycles. The van der Waals surface area contributed by atoms with Crippen LogP contribution in [0.1, 0.15) is 33.3 Å². The van der Waals surface area contributed by atoms with Crippen molar-refractivity contribution >= 4 is 32.8 Å². The van der Waals surface area contributed by atoms with Gasteiger partial charge in [0.2, 0.25) is 11.5 Å². The molecule has 0 saturated carbocycles. The molecule has 1 atom stereocenters. The van der Waals surface area contributed by atoms with E-state index >= 15 is 0 Å². The second kappa shape index (κ2) is 9.11. The number of fused-ring (bicyclic) bond motifs is 2. The van der Waals surface area contributed by atoms with E-state index in [4.69, 9.17) is 18.6 Å². The molecule has 0 saturated heterocycles. The highest BCUT2D eigenvalue weighted by atomic mass is 79.9. The van der Waals surface area contributed by atoms with E-state index in [1.54, 1.807) is 35.2 Å². The van der Waals surface area contributed by atoms with Crippen LogP contribution in [0.25, 0.3) is 11.0 Å². The van der Waals surface area contributed by atoms with E-state index in [1.807, 2.05) is 30.3 Å². The monoisotopic (exact) mass is 535 g/mol. The molecule has 0 bridgehead atoms. The third kappa shape index (κ3) is 3.83. The molecular weight excluding hydrogens is 514 g/mol. The predicted octanol–water partition coefficient (Wildman–Crippen LogP) is 5.33. The number of nitrogens with zero attached hydrogens (tertiary/aromatic N) is 1. The van der Waals surface area contributed by atoms with Crippen molar-refractivity contribution < 1.29 is 23.4 Å². The first-order valence-electron chi connectivity index (χ1n) is 10.9. The quantitative estimate of drug-likeness (QED) is 0.332. The second-order valence-corrected chi connectivity index (χ2v) is 9.01. The van der Waals surface area contributed by atoms with Gasteiger partial charge in [0.25, 0.3) is 5.91 Å². The number of carbonyl (C=O) groups excluding carboxylic acids is 1. The summed E-state index contributed by atoms with van der Waals surface area (Å²) in [6.45, 7) is 0.282. The Morgan fingerprint density at radius 2 is 1.60 bits per heavy atom. The van der Waals surface area contributed by atoms with Crippen LogP contribution in [-0.4, -0.2) is 32.1 Å². The van der Waals surface area contributed by atoms with Crippen LogP contribution in [0, 0.1) is 0 Å². The number of amides is 1. The third-order valence-electron chi connectivity index (χ3n) is 6.13. The first kappa shape index (κ1) is 23.0. The maximum Gasteiger partial charge on any atom is 0.291 e. The van der Waals surface area contributed by atoms with Gasteiger partial charge in [0.1, 0.15) is 5.58 Å². The third-order valence-corrected chi connectivity index (χ3v) is 6.62. The molecule has 1 aliphatic rings. The predicted molar refractivity (Wildman–Crippen MR) is 134 cm³/mol. The molecule has 0 radical (unpaired) electrons. The first-order valence-corrected chi connectivity index (χ1v) is 11.7. The molecule has 3 aromatic carbocycles. The summed E-state index contributed by atoms with van der Waals surface area (Å²) >= 11 is 3.42. The van der Waals surface area contributed by atoms with Crippen molar-refractivity contribution in [2.24, 2.45) is 0 Å². The van der Waals surface area contributed by atoms with Gasteiger partial charge in [-0.3, -0.25) is 9.59 Å². The van der Waals surface area contributed by atoms with Gasteiger partial charge >= 0.3 is 0 Å². The fourth-order valence-electron chi connectivity index (χ4n) is 4.54. The molecule has 35 heavy (non-hydrogen) atoms. The van der Waals surface area contributed by atoms with Crippen LogP contribution < -0.4 is 19.6 Å². The van der Waals surface area contributed by atoms with E-state index in [0.29, 0.717) is 33.8 Å². The van der Waals surface area contributed by atoms with E-state index < -0.39 is 6.04 Å². The molecule has 178 valence electrons.